The zero-order chi connectivity index (χ0) is 18.8. The molecule has 0 bridgehead atoms. The summed E-state index contributed by atoms with van der Waals surface area (Å²) in [6, 6.07) is 4.15. The van der Waals surface area contributed by atoms with Gasteiger partial charge >= 0.3 is 0 Å². The van der Waals surface area contributed by atoms with E-state index >= 15 is 0 Å². The van der Waals surface area contributed by atoms with Gasteiger partial charge < -0.3 is 24.8 Å². The molecule has 0 saturated carbocycles. The van der Waals surface area contributed by atoms with Gasteiger partial charge in [-0.2, -0.15) is 0 Å². The molecule has 0 fully saturated rings. The van der Waals surface area contributed by atoms with Gasteiger partial charge in [-0.25, -0.2) is 0 Å². The minimum absolute atomic E-state index is 0.229. The average molecular weight is 364 g/mol. The van der Waals surface area contributed by atoms with Crippen molar-refractivity contribution in [3.63, 3.8) is 0 Å². The van der Waals surface area contributed by atoms with Crippen LogP contribution in [0, 0.1) is 0 Å². The molecule has 2 rings (SSSR count). The number of methoxy groups -OCH3 is 1. The summed E-state index contributed by atoms with van der Waals surface area (Å²) in [6.45, 7) is 7.33. The minimum Gasteiger partial charge on any atom is -0.496 e. The van der Waals surface area contributed by atoms with E-state index in [0.29, 0.717) is 6.54 Å². The van der Waals surface area contributed by atoms with Crippen molar-refractivity contribution in [1.82, 2.24) is 10.6 Å². The Hall–Kier alpha value is -1.95. The average Bonchev–Trinajstić information content (AvgIpc) is 3.01. The summed E-state index contributed by atoms with van der Waals surface area (Å²) in [5.74, 6) is 2.62. The normalized spacial score (nSPS) is 16.2. The first-order valence-corrected chi connectivity index (χ1v) is 9.56. The predicted octanol–water partition coefficient (Wildman–Crippen LogP) is 2.89. The number of unbranched alkanes of at least 4 members (excludes halogenated alkanes) is 1. The highest BCUT2D eigenvalue weighted by Crippen LogP contribution is 2.34. The number of guanidine groups is 1. The molecule has 1 aromatic rings. The molecule has 1 unspecified atom stereocenters. The fraction of sp³-hybridized carbons (Fsp3) is 0.650. The van der Waals surface area contributed by atoms with E-state index in [0.717, 1.165) is 62.0 Å². The van der Waals surface area contributed by atoms with Crippen molar-refractivity contribution in [3.05, 3.63) is 23.3 Å². The maximum absolute atomic E-state index is 5.86. The van der Waals surface area contributed by atoms with Crippen molar-refractivity contribution in [3.8, 4) is 11.5 Å². The maximum Gasteiger partial charge on any atom is 0.191 e. The van der Waals surface area contributed by atoms with Gasteiger partial charge in [0.15, 0.2) is 5.96 Å². The van der Waals surface area contributed by atoms with E-state index in [-0.39, 0.29) is 6.10 Å². The van der Waals surface area contributed by atoms with Crippen molar-refractivity contribution in [2.45, 2.75) is 52.2 Å². The van der Waals surface area contributed by atoms with Gasteiger partial charge in [-0.15, -0.1) is 0 Å². The van der Waals surface area contributed by atoms with Crippen LogP contribution in [0.3, 0.4) is 0 Å². The smallest absolute Gasteiger partial charge is 0.191 e. The first kappa shape index (κ1) is 20.4. The lowest BCUT2D eigenvalue weighted by atomic mass is 10.1. The van der Waals surface area contributed by atoms with Crippen LogP contribution in [-0.2, 0) is 17.7 Å². The third kappa shape index (κ3) is 6.09. The number of ether oxygens (including phenoxy) is 3. The van der Waals surface area contributed by atoms with Crippen LogP contribution in [-0.4, -0.2) is 46.0 Å². The SMILES string of the molecule is CCCCOCCCNC(=NC)NCc1cc2c(cc1OC)CC(C)O2. The highest BCUT2D eigenvalue weighted by atomic mass is 16.5. The summed E-state index contributed by atoms with van der Waals surface area (Å²) in [5.41, 5.74) is 2.27. The first-order chi connectivity index (χ1) is 12.7. The first-order valence-electron chi connectivity index (χ1n) is 9.56. The topological polar surface area (TPSA) is 64.1 Å². The number of fused-ring (bicyclic) bond motifs is 1. The lowest BCUT2D eigenvalue weighted by Gasteiger charge is -2.15. The van der Waals surface area contributed by atoms with Crippen molar-refractivity contribution >= 4 is 5.96 Å². The van der Waals surface area contributed by atoms with Gasteiger partial charge in [0.05, 0.1) is 7.11 Å². The quantitative estimate of drug-likeness (QED) is 0.380. The van der Waals surface area contributed by atoms with Crippen LogP contribution >= 0.6 is 0 Å². The molecule has 0 radical (unpaired) electrons. The molecule has 0 spiro atoms. The Balaban J connectivity index is 1.78. The second-order valence-electron chi connectivity index (χ2n) is 6.58. The monoisotopic (exact) mass is 363 g/mol. The number of hydrogen-bond donors (Lipinski definition) is 2. The van der Waals surface area contributed by atoms with Gasteiger partial charge in [0, 0.05) is 50.9 Å². The Morgan fingerprint density at radius 2 is 2.08 bits per heavy atom. The summed E-state index contributed by atoms with van der Waals surface area (Å²) in [5, 5.41) is 6.65. The summed E-state index contributed by atoms with van der Waals surface area (Å²) in [7, 11) is 3.48. The molecule has 0 amide bonds. The predicted molar refractivity (Wildman–Crippen MR) is 105 cm³/mol. The molecule has 146 valence electrons. The maximum atomic E-state index is 5.86. The van der Waals surface area contributed by atoms with Crippen LogP contribution in [0.1, 0.15) is 44.2 Å². The Kier molecular flexibility index (Phi) is 8.54. The highest BCUT2D eigenvalue weighted by Gasteiger charge is 2.21. The summed E-state index contributed by atoms with van der Waals surface area (Å²) in [4.78, 5) is 4.27. The van der Waals surface area contributed by atoms with Gasteiger partial charge in [-0.3, -0.25) is 4.99 Å². The van der Waals surface area contributed by atoms with Crippen LogP contribution in [0.4, 0.5) is 0 Å². The van der Waals surface area contributed by atoms with Crippen molar-refractivity contribution in [2.24, 2.45) is 4.99 Å². The van der Waals surface area contributed by atoms with E-state index in [4.69, 9.17) is 14.2 Å². The van der Waals surface area contributed by atoms with Crippen molar-refractivity contribution in [1.29, 1.82) is 0 Å². The van der Waals surface area contributed by atoms with Crippen LogP contribution in [0.15, 0.2) is 17.1 Å². The molecule has 2 N–H and O–H groups in total. The Morgan fingerprint density at radius 1 is 1.27 bits per heavy atom. The van der Waals surface area contributed by atoms with E-state index < -0.39 is 0 Å². The molecule has 6 heteroatoms. The molecule has 1 aliphatic rings. The minimum atomic E-state index is 0.229. The fourth-order valence-corrected chi connectivity index (χ4v) is 2.94. The van der Waals surface area contributed by atoms with E-state index in [2.05, 4.69) is 41.6 Å². The summed E-state index contributed by atoms with van der Waals surface area (Å²) in [6.07, 6.45) is 4.42. The molecule has 1 heterocycles. The third-order valence-corrected chi connectivity index (χ3v) is 4.37. The highest BCUT2D eigenvalue weighted by molar-refractivity contribution is 5.79. The molecule has 26 heavy (non-hydrogen) atoms. The molecule has 1 aliphatic heterocycles. The lowest BCUT2D eigenvalue weighted by Crippen LogP contribution is -2.37. The van der Waals surface area contributed by atoms with Crippen molar-refractivity contribution in [2.75, 3.05) is 33.9 Å². The molecule has 1 aromatic carbocycles. The number of nitrogens with zero attached hydrogens (tertiary/aromatic N) is 1. The van der Waals surface area contributed by atoms with Gasteiger partial charge in [0.2, 0.25) is 0 Å². The standard InChI is InChI=1S/C20H33N3O3/c1-5-6-9-25-10-7-8-22-20(21-3)23-14-17-13-19-16(11-15(2)26-19)12-18(17)24-4/h12-13,15H,5-11,14H2,1-4H3,(H2,21,22,23). The van der Waals surface area contributed by atoms with Crippen LogP contribution < -0.4 is 20.1 Å². The zero-order valence-electron chi connectivity index (χ0n) is 16.6. The van der Waals surface area contributed by atoms with Crippen LogP contribution in [0.5, 0.6) is 11.5 Å². The molecule has 0 aromatic heterocycles. The van der Waals surface area contributed by atoms with E-state index in [1.807, 2.05) is 0 Å². The Morgan fingerprint density at radius 3 is 2.81 bits per heavy atom. The van der Waals surface area contributed by atoms with E-state index in [1.165, 1.54) is 12.0 Å². The molecular weight excluding hydrogens is 330 g/mol. The van der Waals surface area contributed by atoms with Gasteiger partial charge in [-0.1, -0.05) is 13.3 Å². The molecule has 6 nitrogen and oxygen atoms in total. The molecule has 0 saturated heterocycles. The second-order valence-corrected chi connectivity index (χ2v) is 6.58. The summed E-state index contributed by atoms with van der Waals surface area (Å²) < 4.78 is 17.0. The molecule has 0 aliphatic carbocycles. The number of hydrogen-bond acceptors (Lipinski definition) is 4. The number of rotatable bonds is 10. The zero-order valence-corrected chi connectivity index (χ0v) is 16.6. The summed E-state index contributed by atoms with van der Waals surface area (Å²) >= 11 is 0. The van der Waals surface area contributed by atoms with Crippen molar-refractivity contribution < 1.29 is 14.2 Å². The van der Waals surface area contributed by atoms with Gasteiger partial charge in [0.25, 0.3) is 0 Å². The number of nitrogens with one attached hydrogen (secondary N) is 2. The van der Waals surface area contributed by atoms with E-state index in [9.17, 15) is 0 Å². The lowest BCUT2D eigenvalue weighted by molar-refractivity contribution is 0.129. The Bertz CT molecular complexity index is 590. The van der Waals surface area contributed by atoms with Crippen LogP contribution in [0.2, 0.25) is 0 Å². The molecule has 1 atom stereocenters. The van der Waals surface area contributed by atoms with Gasteiger partial charge in [-0.05, 0) is 31.9 Å². The van der Waals surface area contributed by atoms with E-state index in [1.54, 1.807) is 14.2 Å². The van der Waals surface area contributed by atoms with Crippen LogP contribution in [0.25, 0.3) is 0 Å². The van der Waals surface area contributed by atoms with Gasteiger partial charge in [0.1, 0.15) is 17.6 Å². The number of benzene rings is 1. The molecular formula is C20H33N3O3. The third-order valence-electron chi connectivity index (χ3n) is 4.37. The number of aliphatic imine (C=N–C) groups is 1. The largest absolute Gasteiger partial charge is 0.496 e. The fourth-order valence-electron chi connectivity index (χ4n) is 2.94. The Labute approximate surface area is 157 Å². The second kappa shape index (κ2) is 10.9.